The van der Waals surface area contributed by atoms with Gasteiger partial charge in [-0.15, -0.1) is 0 Å². The van der Waals surface area contributed by atoms with Crippen molar-refractivity contribution in [3.05, 3.63) is 101 Å². The molecule has 0 bridgehead atoms. The molecule has 0 fully saturated rings. The van der Waals surface area contributed by atoms with E-state index < -0.39 is 0 Å². The first-order valence-electron chi connectivity index (χ1n) is 9.79. The number of rotatable bonds is 2. The molecular formula is C25H19F2N3. The van der Waals surface area contributed by atoms with Crippen molar-refractivity contribution in [2.45, 2.75) is 6.54 Å². The van der Waals surface area contributed by atoms with E-state index in [1.807, 2.05) is 54.4 Å². The summed E-state index contributed by atoms with van der Waals surface area (Å²) in [7, 11) is 1.93. The zero-order valence-corrected chi connectivity index (χ0v) is 16.4. The first kappa shape index (κ1) is 18.6. The molecule has 5 heteroatoms. The Hall–Kier alpha value is -3.44. The first-order chi connectivity index (χ1) is 14.6. The highest BCUT2D eigenvalue weighted by Crippen LogP contribution is 2.36. The van der Waals surface area contributed by atoms with Crippen LogP contribution in [-0.4, -0.2) is 28.7 Å². The number of benzene rings is 3. The van der Waals surface area contributed by atoms with Crippen molar-refractivity contribution in [1.29, 1.82) is 0 Å². The van der Waals surface area contributed by atoms with E-state index in [2.05, 4.69) is 10.2 Å². The number of aromatic nitrogens is 2. The highest BCUT2D eigenvalue weighted by molar-refractivity contribution is 5.91. The lowest BCUT2D eigenvalue weighted by Crippen LogP contribution is -2.17. The summed E-state index contributed by atoms with van der Waals surface area (Å²) in [6, 6.07) is 18.1. The first-order valence-corrected chi connectivity index (χ1v) is 9.79. The molecule has 2 heterocycles. The van der Waals surface area contributed by atoms with E-state index in [0.29, 0.717) is 46.6 Å². The molecule has 0 radical (unpaired) electrons. The van der Waals surface area contributed by atoms with Crippen LogP contribution in [0.25, 0.3) is 27.6 Å². The summed E-state index contributed by atoms with van der Waals surface area (Å²) >= 11 is 0. The molecule has 1 aliphatic rings. The smallest absolute Gasteiger partial charge is 0.137 e. The summed E-state index contributed by atoms with van der Waals surface area (Å²) < 4.78 is 30.7. The van der Waals surface area contributed by atoms with Gasteiger partial charge in [-0.25, -0.2) is 8.78 Å². The SMILES string of the molecule is CN1CC=C(c2cc3ccccc3cc2F)c2ccc(-c3cccnn3)c(F)c2C1. The minimum atomic E-state index is -0.339. The predicted molar refractivity (Wildman–Crippen MR) is 115 cm³/mol. The summed E-state index contributed by atoms with van der Waals surface area (Å²) in [5, 5.41) is 9.70. The van der Waals surface area contributed by atoms with Gasteiger partial charge in [0.25, 0.3) is 0 Å². The summed E-state index contributed by atoms with van der Waals surface area (Å²) in [6.07, 6.45) is 3.53. The van der Waals surface area contributed by atoms with Crippen molar-refractivity contribution in [1.82, 2.24) is 15.1 Å². The van der Waals surface area contributed by atoms with E-state index in [9.17, 15) is 0 Å². The molecule has 0 saturated heterocycles. The molecule has 3 nitrogen and oxygen atoms in total. The Bertz CT molecular complexity index is 1280. The minimum absolute atomic E-state index is 0.311. The van der Waals surface area contributed by atoms with Gasteiger partial charge in [-0.05, 0) is 59.3 Å². The van der Waals surface area contributed by atoms with Crippen molar-refractivity contribution in [2.75, 3.05) is 13.6 Å². The average Bonchev–Trinajstić information content (AvgIpc) is 2.93. The Kier molecular flexibility index (Phi) is 4.60. The van der Waals surface area contributed by atoms with Crippen molar-refractivity contribution >= 4 is 16.3 Å². The number of halogens is 2. The lowest BCUT2D eigenvalue weighted by molar-refractivity contribution is 0.358. The van der Waals surface area contributed by atoms with E-state index in [1.165, 1.54) is 0 Å². The Morgan fingerprint density at radius 2 is 1.63 bits per heavy atom. The van der Waals surface area contributed by atoms with Crippen molar-refractivity contribution in [3.63, 3.8) is 0 Å². The van der Waals surface area contributed by atoms with Gasteiger partial charge in [0.1, 0.15) is 11.6 Å². The lowest BCUT2D eigenvalue weighted by atomic mass is 9.90. The van der Waals surface area contributed by atoms with Gasteiger partial charge in [0.15, 0.2) is 0 Å². The monoisotopic (exact) mass is 399 g/mol. The zero-order chi connectivity index (χ0) is 20.7. The van der Waals surface area contributed by atoms with Crippen molar-refractivity contribution in [3.8, 4) is 11.3 Å². The van der Waals surface area contributed by atoms with Gasteiger partial charge in [-0.1, -0.05) is 36.4 Å². The van der Waals surface area contributed by atoms with E-state index in [-0.39, 0.29) is 11.6 Å². The minimum Gasteiger partial charge on any atom is -0.298 e. The third-order valence-electron chi connectivity index (χ3n) is 5.54. The summed E-state index contributed by atoms with van der Waals surface area (Å²) in [5.74, 6) is -0.650. The van der Waals surface area contributed by atoms with Gasteiger partial charge in [0.2, 0.25) is 0 Å². The van der Waals surface area contributed by atoms with Crippen LogP contribution in [0.1, 0.15) is 16.7 Å². The largest absolute Gasteiger partial charge is 0.298 e. The van der Waals surface area contributed by atoms with Gasteiger partial charge < -0.3 is 0 Å². The second kappa shape index (κ2) is 7.43. The van der Waals surface area contributed by atoms with Gasteiger partial charge >= 0.3 is 0 Å². The van der Waals surface area contributed by atoms with E-state index in [0.717, 1.165) is 10.8 Å². The number of hydrogen-bond donors (Lipinski definition) is 0. The fraction of sp³-hybridized carbons (Fsp3) is 0.120. The third-order valence-corrected chi connectivity index (χ3v) is 5.54. The molecule has 30 heavy (non-hydrogen) atoms. The van der Waals surface area contributed by atoms with Crippen LogP contribution in [0.2, 0.25) is 0 Å². The van der Waals surface area contributed by atoms with Crippen LogP contribution in [0.15, 0.2) is 72.9 Å². The summed E-state index contributed by atoms with van der Waals surface area (Å²) in [5.41, 5.74) is 3.32. The van der Waals surface area contributed by atoms with E-state index in [1.54, 1.807) is 30.5 Å². The van der Waals surface area contributed by atoms with Crippen molar-refractivity contribution < 1.29 is 8.78 Å². The Balaban J connectivity index is 1.71. The number of nitrogens with zero attached hydrogens (tertiary/aromatic N) is 3. The maximum absolute atomic E-state index is 15.6. The molecular weight excluding hydrogens is 380 g/mol. The molecule has 0 saturated carbocycles. The Morgan fingerprint density at radius 3 is 2.40 bits per heavy atom. The summed E-state index contributed by atoms with van der Waals surface area (Å²) in [6.45, 7) is 1.01. The normalized spacial score (nSPS) is 14.3. The molecule has 148 valence electrons. The lowest BCUT2D eigenvalue weighted by Gasteiger charge is -2.17. The highest BCUT2D eigenvalue weighted by atomic mass is 19.1. The zero-order valence-electron chi connectivity index (χ0n) is 16.4. The second-order valence-corrected chi connectivity index (χ2v) is 7.56. The summed E-state index contributed by atoms with van der Waals surface area (Å²) in [4.78, 5) is 2.01. The van der Waals surface area contributed by atoms with Gasteiger partial charge in [0, 0.05) is 36.0 Å². The molecule has 0 spiro atoms. The van der Waals surface area contributed by atoms with Crippen LogP contribution in [0.5, 0.6) is 0 Å². The fourth-order valence-electron chi connectivity index (χ4n) is 4.04. The van der Waals surface area contributed by atoms with Crippen LogP contribution in [0, 0.1) is 11.6 Å². The quantitative estimate of drug-likeness (QED) is 0.449. The molecule has 0 N–H and O–H groups in total. The number of hydrogen-bond acceptors (Lipinski definition) is 3. The molecule has 3 aromatic carbocycles. The molecule has 4 aromatic rings. The number of likely N-dealkylation sites (N-methyl/N-ethyl adjacent to an activating group) is 1. The van der Waals surface area contributed by atoms with Crippen LogP contribution >= 0.6 is 0 Å². The molecule has 0 atom stereocenters. The molecule has 1 aromatic heterocycles. The van der Waals surface area contributed by atoms with Crippen LogP contribution < -0.4 is 0 Å². The van der Waals surface area contributed by atoms with Gasteiger partial charge in [-0.3, -0.25) is 4.90 Å². The van der Waals surface area contributed by atoms with E-state index >= 15 is 8.78 Å². The maximum Gasteiger partial charge on any atom is 0.137 e. The third kappa shape index (κ3) is 3.17. The van der Waals surface area contributed by atoms with Crippen LogP contribution in [-0.2, 0) is 6.54 Å². The topological polar surface area (TPSA) is 29.0 Å². The highest BCUT2D eigenvalue weighted by Gasteiger charge is 2.23. The van der Waals surface area contributed by atoms with Crippen molar-refractivity contribution in [2.24, 2.45) is 0 Å². The second-order valence-electron chi connectivity index (χ2n) is 7.56. The Labute approximate surface area is 173 Å². The number of fused-ring (bicyclic) bond motifs is 2. The predicted octanol–water partition coefficient (Wildman–Crippen LogP) is 5.45. The van der Waals surface area contributed by atoms with E-state index in [4.69, 9.17) is 0 Å². The molecule has 0 aliphatic carbocycles. The maximum atomic E-state index is 15.6. The van der Waals surface area contributed by atoms with Crippen LogP contribution in [0.4, 0.5) is 8.78 Å². The average molecular weight is 399 g/mol. The van der Waals surface area contributed by atoms with Gasteiger partial charge in [0.05, 0.1) is 5.69 Å². The Morgan fingerprint density at radius 1 is 0.867 bits per heavy atom. The van der Waals surface area contributed by atoms with Gasteiger partial charge in [-0.2, -0.15) is 10.2 Å². The fourth-order valence-corrected chi connectivity index (χ4v) is 4.04. The molecule has 5 rings (SSSR count). The molecule has 0 amide bonds. The molecule has 0 unspecified atom stereocenters. The standard InChI is InChI=1S/C25H19F2N3/c1-30-12-10-19(21-13-16-5-2-3-6-17(16)14-23(21)26)18-8-9-20(25(27)22(18)15-30)24-7-4-11-28-29-24/h2-11,13-14H,12,15H2,1H3. The molecule has 1 aliphatic heterocycles. The van der Waals surface area contributed by atoms with Crippen LogP contribution in [0.3, 0.4) is 0 Å².